The van der Waals surface area contributed by atoms with Crippen molar-refractivity contribution in [3.8, 4) is 5.69 Å². The maximum Gasteiger partial charge on any atom is 0.320 e. The van der Waals surface area contributed by atoms with Crippen LogP contribution in [-0.2, 0) is 17.6 Å². The molecule has 2 aliphatic rings. The molecule has 1 saturated heterocycles. The molecule has 0 unspecified atom stereocenters. The maximum absolute atomic E-state index is 13.2. The van der Waals surface area contributed by atoms with E-state index >= 15 is 0 Å². The monoisotopic (exact) mass is 445 g/mol. The molecule has 3 aromatic rings. The standard InChI is InChI=1S/C26H31N5O2/c1-33-16-15-30-17-22(19-9-4-2-5-10-19)24(18-30)27-26(32)28-25-21-13-8-14-23(21)29-31(25)20-11-6-3-7-12-20/h2-7,9-12,22,24H,8,13-18H2,1H3,(H2,27,28,32)/t22-,24+/m0/s1. The predicted octanol–water partition coefficient (Wildman–Crippen LogP) is 3.60. The fraction of sp³-hybridized carbons (Fsp3) is 0.385. The van der Waals surface area contributed by atoms with Gasteiger partial charge in [0, 0.05) is 38.2 Å². The van der Waals surface area contributed by atoms with Crippen LogP contribution in [-0.4, -0.2) is 60.1 Å². The molecule has 2 aromatic carbocycles. The van der Waals surface area contributed by atoms with E-state index in [1.807, 2.05) is 41.1 Å². The van der Waals surface area contributed by atoms with Crippen molar-refractivity contribution in [3.63, 3.8) is 0 Å². The molecule has 2 amide bonds. The Morgan fingerprint density at radius 3 is 2.58 bits per heavy atom. The Morgan fingerprint density at radius 2 is 1.82 bits per heavy atom. The molecule has 2 atom stereocenters. The van der Waals surface area contributed by atoms with Crippen LogP contribution in [0.5, 0.6) is 0 Å². The van der Waals surface area contributed by atoms with Gasteiger partial charge in [-0.2, -0.15) is 5.10 Å². The number of aryl methyl sites for hydroxylation is 1. The number of hydrogen-bond acceptors (Lipinski definition) is 4. The van der Waals surface area contributed by atoms with Crippen LogP contribution in [0.3, 0.4) is 0 Å². The Labute approximate surface area is 194 Å². The number of benzene rings is 2. The van der Waals surface area contributed by atoms with Gasteiger partial charge >= 0.3 is 6.03 Å². The van der Waals surface area contributed by atoms with E-state index in [4.69, 9.17) is 9.84 Å². The predicted molar refractivity (Wildman–Crippen MR) is 129 cm³/mol. The molecule has 1 fully saturated rings. The van der Waals surface area contributed by atoms with Crippen molar-refractivity contribution in [2.45, 2.75) is 31.2 Å². The Kier molecular flexibility index (Phi) is 6.41. The van der Waals surface area contributed by atoms with Gasteiger partial charge < -0.3 is 10.1 Å². The highest BCUT2D eigenvalue weighted by atomic mass is 16.5. The van der Waals surface area contributed by atoms with Gasteiger partial charge in [0.05, 0.1) is 24.0 Å². The van der Waals surface area contributed by atoms with Gasteiger partial charge in [-0.25, -0.2) is 9.48 Å². The summed E-state index contributed by atoms with van der Waals surface area (Å²) in [6, 6.07) is 20.3. The molecule has 1 aliphatic carbocycles. The van der Waals surface area contributed by atoms with Crippen LogP contribution >= 0.6 is 0 Å². The quantitative estimate of drug-likeness (QED) is 0.583. The number of nitrogens with zero attached hydrogens (tertiary/aromatic N) is 3. The van der Waals surface area contributed by atoms with Crippen LogP contribution in [0.4, 0.5) is 10.6 Å². The van der Waals surface area contributed by atoms with E-state index in [0.29, 0.717) is 6.61 Å². The summed E-state index contributed by atoms with van der Waals surface area (Å²) in [6.45, 7) is 3.23. The summed E-state index contributed by atoms with van der Waals surface area (Å²) in [5, 5.41) is 11.2. The van der Waals surface area contributed by atoms with E-state index in [2.05, 4.69) is 39.8 Å². The van der Waals surface area contributed by atoms with Crippen LogP contribution in [0.1, 0.15) is 29.2 Å². The van der Waals surface area contributed by atoms with Gasteiger partial charge in [0.15, 0.2) is 0 Å². The number of aromatic nitrogens is 2. The molecule has 1 aliphatic heterocycles. The molecule has 0 spiro atoms. The summed E-state index contributed by atoms with van der Waals surface area (Å²) < 4.78 is 7.15. The van der Waals surface area contributed by atoms with E-state index in [1.165, 1.54) is 5.56 Å². The number of nitrogens with one attached hydrogen (secondary N) is 2. The molecule has 2 N–H and O–H groups in total. The van der Waals surface area contributed by atoms with E-state index in [-0.39, 0.29) is 18.0 Å². The van der Waals surface area contributed by atoms with E-state index in [1.54, 1.807) is 7.11 Å². The maximum atomic E-state index is 13.2. The first kappa shape index (κ1) is 21.7. The SMILES string of the molecule is COCCN1C[C@@H](NC(=O)Nc2c3c(nn2-c2ccccc2)CCC3)[C@H](c2ccccc2)C1. The number of anilines is 1. The molecule has 0 saturated carbocycles. The normalized spacial score (nSPS) is 20.0. The van der Waals surface area contributed by atoms with Crippen LogP contribution in [0.2, 0.25) is 0 Å². The molecular formula is C26H31N5O2. The number of hydrogen-bond donors (Lipinski definition) is 2. The van der Waals surface area contributed by atoms with Crippen molar-refractivity contribution in [3.05, 3.63) is 77.5 Å². The Hall–Kier alpha value is -3.16. The lowest BCUT2D eigenvalue weighted by Crippen LogP contribution is -2.42. The molecule has 1 aromatic heterocycles. The summed E-state index contributed by atoms with van der Waals surface area (Å²) in [5.74, 6) is 1.02. The summed E-state index contributed by atoms with van der Waals surface area (Å²) in [6.07, 6.45) is 2.98. The number of fused-ring (bicyclic) bond motifs is 1. The molecule has 2 heterocycles. The van der Waals surface area contributed by atoms with Gasteiger partial charge in [-0.15, -0.1) is 0 Å². The largest absolute Gasteiger partial charge is 0.383 e. The first-order valence-electron chi connectivity index (χ1n) is 11.7. The molecule has 5 rings (SSSR count). The molecule has 0 bridgehead atoms. The second-order valence-electron chi connectivity index (χ2n) is 8.85. The van der Waals surface area contributed by atoms with E-state index in [0.717, 1.165) is 61.7 Å². The fourth-order valence-electron chi connectivity index (χ4n) is 5.06. The average Bonchev–Trinajstić information content (AvgIpc) is 3.55. The molecular weight excluding hydrogens is 414 g/mol. The highest BCUT2D eigenvalue weighted by Crippen LogP contribution is 2.31. The Balaban J connectivity index is 1.35. The Bertz CT molecular complexity index is 1080. The number of ether oxygens (including phenoxy) is 1. The third kappa shape index (κ3) is 4.65. The van der Waals surface area contributed by atoms with Crippen LogP contribution in [0.15, 0.2) is 60.7 Å². The second kappa shape index (κ2) is 9.77. The lowest BCUT2D eigenvalue weighted by molar-refractivity contribution is 0.159. The molecule has 33 heavy (non-hydrogen) atoms. The van der Waals surface area contributed by atoms with Gasteiger partial charge in [0.1, 0.15) is 5.82 Å². The summed E-state index contributed by atoms with van der Waals surface area (Å²) >= 11 is 0. The number of carbonyl (C=O) groups is 1. The third-order valence-electron chi connectivity index (χ3n) is 6.69. The number of carbonyl (C=O) groups excluding carboxylic acids is 1. The minimum absolute atomic E-state index is 0.0189. The number of methoxy groups -OCH3 is 1. The number of likely N-dealkylation sites (tertiary alicyclic amines) is 1. The smallest absolute Gasteiger partial charge is 0.320 e. The first-order chi connectivity index (χ1) is 16.2. The minimum Gasteiger partial charge on any atom is -0.383 e. The lowest BCUT2D eigenvalue weighted by atomic mass is 9.94. The number of para-hydroxylation sites is 1. The highest BCUT2D eigenvalue weighted by molar-refractivity contribution is 5.90. The van der Waals surface area contributed by atoms with Gasteiger partial charge in [-0.05, 0) is 37.0 Å². The summed E-state index contributed by atoms with van der Waals surface area (Å²) in [4.78, 5) is 15.6. The fourth-order valence-corrected chi connectivity index (χ4v) is 5.06. The lowest BCUT2D eigenvalue weighted by Gasteiger charge is -2.21. The van der Waals surface area contributed by atoms with Crippen molar-refractivity contribution in [2.24, 2.45) is 0 Å². The zero-order valence-electron chi connectivity index (χ0n) is 19.0. The first-order valence-corrected chi connectivity index (χ1v) is 11.7. The number of rotatable bonds is 7. The minimum atomic E-state index is -0.179. The molecule has 7 heteroatoms. The third-order valence-corrected chi connectivity index (χ3v) is 6.69. The van der Waals surface area contributed by atoms with E-state index in [9.17, 15) is 4.79 Å². The highest BCUT2D eigenvalue weighted by Gasteiger charge is 2.35. The van der Waals surface area contributed by atoms with Crippen molar-refractivity contribution in [1.29, 1.82) is 0 Å². The molecule has 7 nitrogen and oxygen atoms in total. The average molecular weight is 446 g/mol. The van der Waals surface area contributed by atoms with E-state index < -0.39 is 0 Å². The topological polar surface area (TPSA) is 71.4 Å². The zero-order valence-corrected chi connectivity index (χ0v) is 19.0. The van der Waals surface area contributed by atoms with Crippen LogP contribution in [0.25, 0.3) is 5.69 Å². The summed E-state index contributed by atoms with van der Waals surface area (Å²) in [7, 11) is 1.72. The second-order valence-corrected chi connectivity index (χ2v) is 8.85. The summed E-state index contributed by atoms with van der Waals surface area (Å²) in [5.41, 5.74) is 4.44. The number of amides is 2. The van der Waals surface area contributed by atoms with Gasteiger partial charge in [0.25, 0.3) is 0 Å². The molecule has 0 radical (unpaired) electrons. The Morgan fingerprint density at radius 1 is 1.06 bits per heavy atom. The zero-order chi connectivity index (χ0) is 22.6. The van der Waals surface area contributed by atoms with Gasteiger partial charge in [-0.3, -0.25) is 10.2 Å². The van der Waals surface area contributed by atoms with Crippen molar-refractivity contribution in [1.82, 2.24) is 20.0 Å². The van der Waals surface area contributed by atoms with Crippen molar-refractivity contribution >= 4 is 11.8 Å². The number of urea groups is 1. The van der Waals surface area contributed by atoms with Gasteiger partial charge in [-0.1, -0.05) is 48.5 Å². The molecule has 172 valence electrons. The van der Waals surface area contributed by atoms with Gasteiger partial charge in [0.2, 0.25) is 0 Å². The van der Waals surface area contributed by atoms with Crippen molar-refractivity contribution in [2.75, 3.05) is 38.7 Å². The van der Waals surface area contributed by atoms with Crippen LogP contribution < -0.4 is 10.6 Å². The van der Waals surface area contributed by atoms with Crippen LogP contribution in [0, 0.1) is 0 Å². The van der Waals surface area contributed by atoms with Crippen molar-refractivity contribution < 1.29 is 9.53 Å².